The van der Waals surface area contributed by atoms with Gasteiger partial charge in [0.15, 0.2) is 0 Å². The summed E-state index contributed by atoms with van der Waals surface area (Å²) >= 11 is 2.23. The second-order valence-corrected chi connectivity index (χ2v) is 11.0. The molecular weight excluding hydrogens is 633 g/mol. The Morgan fingerprint density at radius 1 is 0.595 bits per heavy atom. The number of nitrogens with one attached hydrogen (secondary N) is 3. The number of hydrogen-bond acceptors (Lipinski definition) is 3. The van der Waals surface area contributed by atoms with Crippen LogP contribution in [0, 0.1) is 17.4 Å². The standard InChI is InChI=1S/C22H22N2O.C14H12INO/c1-17-12-13-20(23-15-14-18-8-4-2-5-9-18)16-21(17)24-22(25)19-10-6-3-7-11-19;1-10-7-8-12(15)9-13(10)16-14(17)11-5-3-2-4-6-11/h2-13,16,23H,14-15H2,1H3,(H,24,25);2-9H,1H3,(H,16,17). The normalized spacial score (nSPS) is 10.2. The van der Waals surface area contributed by atoms with E-state index < -0.39 is 0 Å². The molecule has 0 spiro atoms. The van der Waals surface area contributed by atoms with Crippen LogP contribution in [-0.4, -0.2) is 18.4 Å². The molecule has 2 amide bonds. The van der Waals surface area contributed by atoms with Crippen LogP contribution in [-0.2, 0) is 6.42 Å². The minimum Gasteiger partial charge on any atom is -0.385 e. The molecule has 5 aromatic carbocycles. The maximum absolute atomic E-state index is 12.3. The maximum Gasteiger partial charge on any atom is 0.255 e. The van der Waals surface area contributed by atoms with Gasteiger partial charge in [0.25, 0.3) is 11.8 Å². The van der Waals surface area contributed by atoms with Crippen molar-refractivity contribution in [3.8, 4) is 0 Å². The van der Waals surface area contributed by atoms with E-state index in [0.29, 0.717) is 11.1 Å². The highest BCUT2D eigenvalue weighted by Crippen LogP contribution is 2.22. The fraction of sp³-hybridized carbons (Fsp3) is 0.111. The van der Waals surface area contributed by atoms with E-state index in [1.54, 1.807) is 12.1 Å². The van der Waals surface area contributed by atoms with E-state index in [1.807, 2.05) is 105 Å². The van der Waals surface area contributed by atoms with Gasteiger partial charge in [0.2, 0.25) is 0 Å². The van der Waals surface area contributed by atoms with E-state index in [2.05, 4.69) is 62.8 Å². The van der Waals surface area contributed by atoms with Crippen molar-refractivity contribution in [1.82, 2.24) is 0 Å². The molecule has 0 aliphatic heterocycles. The van der Waals surface area contributed by atoms with Gasteiger partial charge in [0, 0.05) is 38.3 Å². The lowest BCUT2D eigenvalue weighted by Crippen LogP contribution is -2.13. The van der Waals surface area contributed by atoms with Crippen molar-refractivity contribution in [3.63, 3.8) is 0 Å². The van der Waals surface area contributed by atoms with E-state index in [0.717, 1.165) is 44.7 Å². The van der Waals surface area contributed by atoms with Crippen molar-refractivity contribution in [2.45, 2.75) is 20.3 Å². The molecule has 5 rings (SSSR count). The molecule has 42 heavy (non-hydrogen) atoms. The summed E-state index contributed by atoms with van der Waals surface area (Å²) in [5.41, 5.74) is 7.44. The molecule has 0 unspecified atom stereocenters. The van der Waals surface area contributed by atoms with Crippen molar-refractivity contribution >= 4 is 51.5 Å². The Labute approximate surface area is 261 Å². The zero-order valence-electron chi connectivity index (χ0n) is 23.7. The van der Waals surface area contributed by atoms with Crippen LogP contribution < -0.4 is 16.0 Å². The smallest absolute Gasteiger partial charge is 0.255 e. The average molecular weight is 668 g/mol. The lowest BCUT2D eigenvalue weighted by atomic mass is 10.1. The highest BCUT2D eigenvalue weighted by molar-refractivity contribution is 14.1. The Balaban J connectivity index is 0.000000208. The first kappa shape index (κ1) is 30.5. The predicted octanol–water partition coefficient (Wildman–Crippen LogP) is 8.75. The number of aryl methyl sites for hydroxylation is 2. The monoisotopic (exact) mass is 667 g/mol. The lowest BCUT2D eigenvalue weighted by molar-refractivity contribution is 0.101. The predicted molar refractivity (Wildman–Crippen MR) is 183 cm³/mol. The molecule has 0 radical (unpaired) electrons. The Morgan fingerprint density at radius 3 is 1.62 bits per heavy atom. The van der Waals surface area contributed by atoms with Crippen LogP contribution in [0.4, 0.5) is 17.1 Å². The van der Waals surface area contributed by atoms with Crippen LogP contribution in [0.3, 0.4) is 0 Å². The third kappa shape index (κ3) is 9.31. The average Bonchev–Trinajstić information content (AvgIpc) is 3.02. The van der Waals surface area contributed by atoms with Crippen molar-refractivity contribution < 1.29 is 9.59 Å². The first-order valence-corrected chi connectivity index (χ1v) is 14.8. The van der Waals surface area contributed by atoms with E-state index in [4.69, 9.17) is 0 Å². The van der Waals surface area contributed by atoms with Crippen LogP contribution in [0.25, 0.3) is 0 Å². The van der Waals surface area contributed by atoms with Gasteiger partial charge in [-0.15, -0.1) is 0 Å². The topological polar surface area (TPSA) is 70.2 Å². The van der Waals surface area contributed by atoms with Gasteiger partial charge in [-0.05, 0) is 108 Å². The highest BCUT2D eigenvalue weighted by atomic mass is 127. The minimum atomic E-state index is -0.0925. The Morgan fingerprint density at radius 2 is 1.07 bits per heavy atom. The number of hydrogen-bond donors (Lipinski definition) is 3. The highest BCUT2D eigenvalue weighted by Gasteiger charge is 2.09. The van der Waals surface area contributed by atoms with Crippen molar-refractivity contribution in [1.29, 1.82) is 0 Å². The van der Waals surface area contributed by atoms with Crippen molar-refractivity contribution in [2.75, 3.05) is 22.5 Å². The molecule has 3 N–H and O–H groups in total. The fourth-order valence-electron chi connectivity index (χ4n) is 4.16. The van der Waals surface area contributed by atoms with E-state index in [1.165, 1.54) is 5.56 Å². The van der Waals surface area contributed by atoms with E-state index >= 15 is 0 Å². The largest absolute Gasteiger partial charge is 0.385 e. The fourth-order valence-corrected chi connectivity index (χ4v) is 4.65. The SMILES string of the molecule is Cc1ccc(I)cc1NC(=O)c1ccccc1.Cc1ccc(NCCc2ccccc2)cc1NC(=O)c1ccccc1. The summed E-state index contributed by atoms with van der Waals surface area (Å²) in [5.74, 6) is -0.166. The molecular formula is C36H34IN3O2. The summed E-state index contributed by atoms with van der Waals surface area (Å²) in [7, 11) is 0. The van der Waals surface area contributed by atoms with Crippen LogP contribution in [0.15, 0.2) is 127 Å². The molecule has 0 heterocycles. The minimum absolute atomic E-state index is 0.0734. The number of rotatable bonds is 8. The van der Waals surface area contributed by atoms with Gasteiger partial charge in [-0.2, -0.15) is 0 Å². The van der Waals surface area contributed by atoms with Crippen LogP contribution in [0.1, 0.15) is 37.4 Å². The van der Waals surface area contributed by atoms with Gasteiger partial charge in [-0.25, -0.2) is 0 Å². The molecule has 0 aliphatic carbocycles. The molecule has 6 heteroatoms. The molecule has 0 bridgehead atoms. The van der Waals surface area contributed by atoms with Gasteiger partial charge < -0.3 is 16.0 Å². The summed E-state index contributed by atoms with van der Waals surface area (Å²) in [4.78, 5) is 24.3. The van der Waals surface area contributed by atoms with Crippen LogP contribution in [0.5, 0.6) is 0 Å². The molecule has 212 valence electrons. The summed E-state index contributed by atoms with van der Waals surface area (Å²) in [5, 5.41) is 9.34. The van der Waals surface area contributed by atoms with Gasteiger partial charge >= 0.3 is 0 Å². The third-order valence-corrected chi connectivity index (χ3v) is 7.26. The first-order chi connectivity index (χ1) is 20.4. The number of benzene rings is 5. The molecule has 0 atom stereocenters. The van der Waals surface area contributed by atoms with Crippen LogP contribution in [0.2, 0.25) is 0 Å². The summed E-state index contributed by atoms with van der Waals surface area (Å²) in [6.45, 7) is 4.82. The summed E-state index contributed by atoms with van der Waals surface area (Å²) < 4.78 is 1.11. The lowest BCUT2D eigenvalue weighted by Gasteiger charge is -2.12. The summed E-state index contributed by atoms with van der Waals surface area (Å²) in [6, 6.07) is 40.9. The summed E-state index contributed by atoms with van der Waals surface area (Å²) in [6.07, 6.45) is 0.959. The second kappa shape index (κ2) is 15.5. The molecule has 0 aromatic heterocycles. The number of amides is 2. The Hall–Kier alpha value is -4.43. The number of carbonyl (C=O) groups excluding carboxylic acids is 2. The molecule has 5 nitrogen and oxygen atoms in total. The maximum atomic E-state index is 12.3. The zero-order valence-corrected chi connectivity index (χ0v) is 25.9. The number of halogens is 1. The Bertz CT molecular complexity index is 1610. The van der Waals surface area contributed by atoms with Gasteiger partial charge in [-0.1, -0.05) is 78.9 Å². The number of anilines is 3. The molecule has 0 saturated heterocycles. The van der Waals surface area contributed by atoms with Crippen molar-refractivity contribution in [2.24, 2.45) is 0 Å². The zero-order chi connectivity index (χ0) is 29.7. The first-order valence-electron chi connectivity index (χ1n) is 13.8. The van der Waals surface area contributed by atoms with Crippen molar-refractivity contribution in [3.05, 3.63) is 159 Å². The van der Waals surface area contributed by atoms with E-state index in [9.17, 15) is 9.59 Å². The van der Waals surface area contributed by atoms with Gasteiger partial charge in [-0.3, -0.25) is 9.59 Å². The molecule has 0 saturated carbocycles. The number of carbonyl (C=O) groups is 2. The van der Waals surface area contributed by atoms with Gasteiger partial charge in [0.05, 0.1) is 0 Å². The molecule has 0 fully saturated rings. The second-order valence-electron chi connectivity index (χ2n) is 9.79. The van der Waals surface area contributed by atoms with E-state index in [-0.39, 0.29) is 11.8 Å². The molecule has 5 aromatic rings. The Kier molecular flexibility index (Phi) is 11.3. The molecule has 0 aliphatic rings. The third-order valence-electron chi connectivity index (χ3n) is 6.59. The van der Waals surface area contributed by atoms with Crippen LogP contribution >= 0.6 is 22.6 Å². The quantitative estimate of drug-likeness (QED) is 0.145. The van der Waals surface area contributed by atoms with Gasteiger partial charge in [0.1, 0.15) is 0 Å².